The van der Waals surface area contributed by atoms with E-state index in [0.717, 1.165) is 6.20 Å². The molecule has 1 rings (SSSR count). The summed E-state index contributed by atoms with van der Waals surface area (Å²) in [6, 6.07) is 3.18. The topological polar surface area (TPSA) is 109 Å². The van der Waals surface area contributed by atoms with Crippen molar-refractivity contribution in [3.05, 3.63) is 24.0 Å². The molecule has 7 nitrogen and oxygen atoms in total. The van der Waals surface area contributed by atoms with Gasteiger partial charge >= 0.3 is 5.97 Å². The number of nitrogens with zero attached hydrogens (tertiary/aromatic N) is 2. The van der Waals surface area contributed by atoms with E-state index in [1.54, 1.807) is 0 Å². The van der Waals surface area contributed by atoms with Gasteiger partial charge in [0.25, 0.3) is 0 Å². The highest BCUT2D eigenvalue weighted by molar-refractivity contribution is 7.89. The summed E-state index contributed by atoms with van der Waals surface area (Å²) in [7, 11) is -2.68. The second-order valence-corrected chi connectivity index (χ2v) is 5.26. The van der Waals surface area contributed by atoms with E-state index in [0.29, 0.717) is 6.42 Å². The molecule has 0 fully saturated rings. The number of sulfonamides is 1. The standard InChI is InChI=1S/C11H13N3O4S/c1-18-11(15)9-4-7-13-8-10(9)19(16,17)14-6-3-2-5-12/h4,7-8,14H,2-3,6H2,1H3. The van der Waals surface area contributed by atoms with Crippen LogP contribution in [-0.4, -0.2) is 33.0 Å². The van der Waals surface area contributed by atoms with Crippen molar-refractivity contribution in [1.29, 1.82) is 5.26 Å². The number of nitrogens with one attached hydrogen (secondary N) is 1. The Bertz CT molecular complexity index is 592. The summed E-state index contributed by atoms with van der Waals surface area (Å²) in [5, 5.41) is 8.36. The van der Waals surface area contributed by atoms with Crippen LogP contribution in [0.2, 0.25) is 0 Å². The van der Waals surface area contributed by atoms with E-state index in [-0.39, 0.29) is 23.4 Å². The van der Waals surface area contributed by atoms with Crippen LogP contribution in [0.15, 0.2) is 23.4 Å². The second-order valence-electron chi connectivity index (χ2n) is 3.52. The first-order valence-corrected chi connectivity index (χ1v) is 6.90. The molecule has 1 aromatic heterocycles. The molecule has 0 aliphatic rings. The van der Waals surface area contributed by atoms with Gasteiger partial charge in [-0.15, -0.1) is 0 Å². The predicted octanol–water partition coefficient (Wildman–Crippen LogP) is 0.450. The molecule has 0 aliphatic carbocycles. The minimum absolute atomic E-state index is 0.0784. The van der Waals surface area contributed by atoms with E-state index >= 15 is 0 Å². The zero-order valence-electron chi connectivity index (χ0n) is 10.3. The Morgan fingerprint density at radius 2 is 2.32 bits per heavy atom. The van der Waals surface area contributed by atoms with Crippen molar-refractivity contribution in [2.24, 2.45) is 0 Å². The minimum atomic E-state index is -3.85. The van der Waals surface area contributed by atoms with E-state index in [1.807, 2.05) is 6.07 Å². The molecular weight excluding hydrogens is 270 g/mol. The number of rotatable bonds is 6. The van der Waals surface area contributed by atoms with E-state index in [4.69, 9.17) is 5.26 Å². The molecule has 0 bridgehead atoms. The van der Waals surface area contributed by atoms with E-state index in [9.17, 15) is 13.2 Å². The lowest BCUT2D eigenvalue weighted by Crippen LogP contribution is -2.26. The molecule has 102 valence electrons. The SMILES string of the molecule is COC(=O)c1ccncc1S(=O)(=O)NCCCC#N. The van der Waals surface area contributed by atoms with Crippen LogP contribution in [0.4, 0.5) is 0 Å². The molecule has 0 unspecified atom stereocenters. The Kier molecular flexibility index (Phi) is 5.41. The number of hydrogen-bond acceptors (Lipinski definition) is 6. The molecule has 0 amide bonds. The minimum Gasteiger partial charge on any atom is -0.465 e. The molecule has 0 radical (unpaired) electrons. The maximum Gasteiger partial charge on any atom is 0.339 e. The first-order chi connectivity index (χ1) is 9.03. The summed E-state index contributed by atoms with van der Waals surface area (Å²) in [6.45, 7) is 0.116. The average molecular weight is 283 g/mol. The van der Waals surface area contributed by atoms with Gasteiger partial charge in [-0.25, -0.2) is 17.9 Å². The smallest absolute Gasteiger partial charge is 0.339 e. The third-order valence-electron chi connectivity index (χ3n) is 2.24. The number of nitriles is 1. The van der Waals surface area contributed by atoms with Gasteiger partial charge < -0.3 is 4.74 Å². The lowest BCUT2D eigenvalue weighted by molar-refractivity contribution is 0.0596. The Morgan fingerprint density at radius 1 is 1.58 bits per heavy atom. The second kappa shape index (κ2) is 6.82. The molecule has 1 N–H and O–H groups in total. The first-order valence-electron chi connectivity index (χ1n) is 5.42. The number of hydrogen-bond donors (Lipinski definition) is 1. The van der Waals surface area contributed by atoms with E-state index in [2.05, 4.69) is 14.4 Å². The number of carbonyl (C=O) groups is 1. The monoisotopic (exact) mass is 283 g/mol. The van der Waals surface area contributed by atoms with Crippen molar-refractivity contribution in [2.45, 2.75) is 17.7 Å². The summed E-state index contributed by atoms with van der Waals surface area (Å²) >= 11 is 0. The van der Waals surface area contributed by atoms with Crippen LogP contribution in [0.25, 0.3) is 0 Å². The molecule has 1 aromatic rings. The fourth-order valence-corrected chi connectivity index (χ4v) is 2.53. The van der Waals surface area contributed by atoms with Crippen molar-refractivity contribution >= 4 is 16.0 Å². The van der Waals surface area contributed by atoms with E-state index in [1.165, 1.54) is 19.4 Å². The highest BCUT2D eigenvalue weighted by Gasteiger charge is 2.22. The molecule has 8 heteroatoms. The third-order valence-corrected chi connectivity index (χ3v) is 3.73. The molecule has 0 aliphatic heterocycles. The van der Waals surface area contributed by atoms with Crippen LogP contribution >= 0.6 is 0 Å². The highest BCUT2D eigenvalue weighted by Crippen LogP contribution is 2.14. The van der Waals surface area contributed by atoms with Gasteiger partial charge in [0.15, 0.2) is 0 Å². The molecule has 0 saturated heterocycles. The normalized spacial score (nSPS) is 10.7. The van der Waals surface area contributed by atoms with Gasteiger partial charge in [-0.2, -0.15) is 5.26 Å². The quantitative estimate of drug-likeness (QED) is 0.599. The Morgan fingerprint density at radius 3 is 2.95 bits per heavy atom. The lowest BCUT2D eigenvalue weighted by Gasteiger charge is -2.09. The first kappa shape index (κ1) is 15.1. The maximum atomic E-state index is 12.0. The molecule has 0 atom stereocenters. The van der Waals surface area contributed by atoms with Crippen molar-refractivity contribution in [3.8, 4) is 6.07 Å². The number of pyridine rings is 1. The predicted molar refractivity (Wildman–Crippen MR) is 65.6 cm³/mol. The molecular formula is C11H13N3O4S. The molecule has 0 spiro atoms. The zero-order valence-corrected chi connectivity index (χ0v) is 11.1. The van der Waals surface area contributed by atoms with Crippen molar-refractivity contribution < 1.29 is 17.9 Å². The van der Waals surface area contributed by atoms with Gasteiger partial charge in [0.2, 0.25) is 10.0 Å². The van der Waals surface area contributed by atoms with Crippen LogP contribution in [0.1, 0.15) is 23.2 Å². The van der Waals surface area contributed by atoms with E-state index < -0.39 is 16.0 Å². The number of esters is 1. The van der Waals surface area contributed by atoms with Crippen LogP contribution in [0, 0.1) is 11.3 Å². The summed E-state index contributed by atoms with van der Waals surface area (Å²) in [5.41, 5.74) is -0.0784. The van der Waals surface area contributed by atoms with Crippen LogP contribution in [0.3, 0.4) is 0 Å². The van der Waals surface area contributed by atoms with Gasteiger partial charge in [-0.3, -0.25) is 4.98 Å². The van der Waals surface area contributed by atoms with Gasteiger partial charge in [0.1, 0.15) is 4.90 Å². The van der Waals surface area contributed by atoms with Gasteiger partial charge in [-0.1, -0.05) is 0 Å². The highest BCUT2D eigenvalue weighted by atomic mass is 32.2. The number of ether oxygens (including phenoxy) is 1. The van der Waals surface area contributed by atoms with Crippen LogP contribution in [-0.2, 0) is 14.8 Å². The Labute approximate surface area is 111 Å². The number of carbonyl (C=O) groups excluding carboxylic acids is 1. The van der Waals surface area contributed by atoms with Gasteiger partial charge in [-0.05, 0) is 12.5 Å². The summed E-state index contributed by atoms with van der Waals surface area (Å²) in [5.74, 6) is -0.750. The van der Waals surface area contributed by atoms with Crippen molar-refractivity contribution in [3.63, 3.8) is 0 Å². The zero-order chi connectivity index (χ0) is 14.3. The molecule has 19 heavy (non-hydrogen) atoms. The third kappa shape index (κ3) is 4.01. The lowest BCUT2D eigenvalue weighted by atomic mass is 10.3. The fourth-order valence-electron chi connectivity index (χ4n) is 1.32. The Balaban J connectivity index is 2.95. The summed E-state index contributed by atoms with van der Waals surface area (Å²) in [4.78, 5) is 14.9. The van der Waals surface area contributed by atoms with Crippen LogP contribution in [0.5, 0.6) is 0 Å². The molecule has 0 aromatic carbocycles. The fraction of sp³-hybridized carbons (Fsp3) is 0.364. The molecule has 0 saturated carbocycles. The van der Waals surface area contributed by atoms with Crippen LogP contribution < -0.4 is 4.72 Å². The largest absolute Gasteiger partial charge is 0.465 e. The van der Waals surface area contributed by atoms with Gasteiger partial charge in [0, 0.05) is 25.4 Å². The Hall–Kier alpha value is -1.98. The van der Waals surface area contributed by atoms with Crippen molar-refractivity contribution in [2.75, 3.05) is 13.7 Å². The summed E-state index contributed by atoms with van der Waals surface area (Å²) in [6.07, 6.45) is 3.03. The maximum absolute atomic E-state index is 12.0. The number of aromatic nitrogens is 1. The van der Waals surface area contributed by atoms with Crippen molar-refractivity contribution in [1.82, 2.24) is 9.71 Å². The molecule has 1 heterocycles. The number of methoxy groups -OCH3 is 1. The summed E-state index contributed by atoms with van der Waals surface area (Å²) < 4.78 is 30.8. The number of unbranched alkanes of at least 4 members (excludes halogenated alkanes) is 1. The average Bonchev–Trinajstić information content (AvgIpc) is 2.43. The van der Waals surface area contributed by atoms with Gasteiger partial charge in [0.05, 0.1) is 18.7 Å².